The van der Waals surface area contributed by atoms with Gasteiger partial charge in [0.25, 0.3) is 5.62 Å². The molecule has 4 aromatic rings. The van der Waals surface area contributed by atoms with Crippen molar-refractivity contribution in [3.63, 3.8) is 0 Å². The molecule has 14 heteroatoms. The number of nitrogens with one attached hydrogen (secondary N) is 2. The third-order valence-electron chi connectivity index (χ3n) is 4.49. The van der Waals surface area contributed by atoms with Gasteiger partial charge in [0.15, 0.2) is 5.65 Å². The summed E-state index contributed by atoms with van der Waals surface area (Å²) in [6.07, 6.45) is -0.209. The van der Waals surface area contributed by atoms with Crippen LogP contribution in [0.15, 0.2) is 40.2 Å². The molecule has 11 nitrogen and oxygen atoms in total. The number of nitrogens with zero attached hydrogens (tertiary/aromatic N) is 5. The fourth-order valence-electron chi connectivity index (χ4n) is 2.95. The monoisotopic (exact) mass is 461 g/mol. The third-order valence-corrected chi connectivity index (χ3v) is 4.49. The lowest BCUT2D eigenvalue weighted by atomic mass is 10.3. The molecule has 1 aliphatic carbocycles. The Morgan fingerprint density at radius 2 is 2.00 bits per heavy atom. The van der Waals surface area contributed by atoms with Crippen LogP contribution >= 0.6 is 0 Å². The summed E-state index contributed by atoms with van der Waals surface area (Å²) in [7, 11) is 0. The molecule has 0 atom stereocenters. The summed E-state index contributed by atoms with van der Waals surface area (Å²) < 4.78 is 48.4. The number of hydrogen-bond donors (Lipinski definition) is 3. The molecule has 170 valence electrons. The Balaban J connectivity index is 1.59. The fraction of sp³-hybridized carbons (Fsp3) is 0.211. The van der Waals surface area contributed by atoms with Crippen molar-refractivity contribution in [1.82, 2.24) is 29.5 Å². The molecule has 0 unspecified atom stereocenters. The van der Waals surface area contributed by atoms with Crippen LogP contribution in [-0.4, -0.2) is 47.1 Å². The summed E-state index contributed by atoms with van der Waals surface area (Å²) in [4.78, 5) is 29.0. The van der Waals surface area contributed by atoms with Gasteiger partial charge in [-0.2, -0.15) is 19.6 Å². The van der Waals surface area contributed by atoms with Crippen LogP contribution in [0.4, 0.5) is 13.2 Å². The molecule has 3 N–H and O–H groups in total. The fourth-order valence-corrected chi connectivity index (χ4v) is 2.95. The first-order valence-corrected chi connectivity index (χ1v) is 9.60. The molecule has 1 saturated carbocycles. The average molecular weight is 461 g/mol. The molecule has 5 rings (SSSR count). The molecule has 33 heavy (non-hydrogen) atoms. The molecule has 1 fully saturated rings. The normalized spacial score (nSPS) is 15.4. The number of imidazole rings is 1. The Labute approximate surface area is 180 Å². The molecule has 3 heterocycles. The van der Waals surface area contributed by atoms with E-state index in [9.17, 15) is 23.1 Å². The average Bonchev–Trinajstić information content (AvgIpc) is 3.36. The highest BCUT2D eigenvalue weighted by atomic mass is 19.4. The van der Waals surface area contributed by atoms with Crippen LogP contribution in [0, 0.1) is 0 Å². The standard InChI is InChI=1S/C19H14F3N7O4/c20-19(21,22)33-12-3-1-2-11(7-12)32-18-26-14-9(6-13-15(30)27-17(31)25-13)8-23-29(14)16(28-18)24-10-4-5-10/h1-3,6-8,10,30H,4-5H2,(H2,25,27,31). The van der Waals surface area contributed by atoms with Crippen LogP contribution in [0.2, 0.25) is 0 Å². The minimum Gasteiger partial charge on any atom is -0.493 e. The molecule has 3 aromatic heterocycles. The number of H-pyrrole nitrogens is 2. The Kier molecular flexibility index (Phi) is 4.76. The Morgan fingerprint density at radius 1 is 1.21 bits per heavy atom. The lowest BCUT2D eigenvalue weighted by Gasteiger charge is -2.10. The van der Waals surface area contributed by atoms with Gasteiger partial charge < -0.3 is 19.6 Å². The predicted molar refractivity (Wildman–Crippen MR) is 104 cm³/mol. The van der Waals surface area contributed by atoms with Gasteiger partial charge in [-0.1, -0.05) is 6.07 Å². The van der Waals surface area contributed by atoms with E-state index in [0.29, 0.717) is 5.22 Å². The summed E-state index contributed by atoms with van der Waals surface area (Å²) in [6, 6.07) is 4.81. The van der Waals surface area contributed by atoms with Crippen LogP contribution in [0.1, 0.15) is 18.5 Å². The Hall–Kier alpha value is -4.36. The van der Waals surface area contributed by atoms with E-state index in [2.05, 4.69) is 34.8 Å². The van der Waals surface area contributed by atoms with Gasteiger partial charge in [0.05, 0.1) is 12.2 Å². The Bertz CT molecular complexity index is 1520. The zero-order chi connectivity index (χ0) is 23.2. The van der Waals surface area contributed by atoms with E-state index in [1.807, 2.05) is 0 Å². The maximum atomic E-state index is 12.5. The summed E-state index contributed by atoms with van der Waals surface area (Å²) in [5.74, 6) is -0.820. The first kappa shape index (κ1) is 20.5. The summed E-state index contributed by atoms with van der Waals surface area (Å²) >= 11 is 0. The van der Waals surface area contributed by atoms with E-state index in [4.69, 9.17) is 4.74 Å². The van der Waals surface area contributed by atoms with Crippen molar-refractivity contribution in [3.8, 4) is 23.4 Å². The first-order chi connectivity index (χ1) is 15.7. The highest BCUT2D eigenvalue weighted by Crippen LogP contribution is 2.27. The Morgan fingerprint density at radius 3 is 2.70 bits per heavy atom. The highest BCUT2D eigenvalue weighted by molar-refractivity contribution is 5.56. The molecule has 1 aliphatic rings. The van der Waals surface area contributed by atoms with Crippen molar-refractivity contribution in [2.45, 2.75) is 25.2 Å². The number of fused-ring (bicyclic) bond motifs is 1. The number of aromatic hydroxyl groups is 1. The zero-order valence-corrected chi connectivity index (χ0v) is 16.5. The van der Waals surface area contributed by atoms with Crippen LogP contribution in [0.25, 0.3) is 11.7 Å². The summed E-state index contributed by atoms with van der Waals surface area (Å²) in [5, 5.41) is 14.4. The van der Waals surface area contributed by atoms with Crippen molar-refractivity contribution in [1.29, 1.82) is 0 Å². The number of benzene rings is 1. The van der Waals surface area contributed by atoms with Crippen molar-refractivity contribution in [2.24, 2.45) is 4.99 Å². The molecule has 0 aliphatic heterocycles. The molecule has 0 spiro atoms. The smallest absolute Gasteiger partial charge is 0.493 e. The van der Waals surface area contributed by atoms with E-state index >= 15 is 0 Å². The minimum atomic E-state index is -4.85. The van der Waals surface area contributed by atoms with Gasteiger partial charge >= 0.3 is 18.1 Å². The van der Waals surface area contributed by atoms with Gasteiger partial charge in [-0.05, 0) is 31.1 Å². The van der Waals surface area contributed by atoms with Crippen LogP contribution in [0.5, 0.6) is 23.4 Å². The van der Waals surface area contributed by atoms with Gasteiger partial charge in [-0.3, -0.25) is 4.98 Å². The van der Waals surface area contributed by atoms with Gasteiger partial charge in [0.1, 0.15) is 17.2 Å². The zero-order valence-electron chi connectivity index (χ0n) is 16.5. The molecule has 1 aromatic carbocycles. The first-order valence-electron chi connectivity index (χ1n) is 9.60. The van der Waals surface area contributed by atoms with E-state index in [1.54, 1.807) is 0 Å². The molecular weight excluding hydrogens is 447 g/mol. The maximum absolute atomic E-state index is 12.5. The predicted octanol–water partition coefficient (Wildman–Crippen LogP) is 1.15. The van der Waals surface area contributed by atoms with Crippen molar-refractivity contribution >= 4 is 11.7 Å². The number of hydrogen-bond acceptors (Lipinski definition) is 8. The van der Waals surface area contributed by atoms with Gasteiger partial charge in [-0.25, -0.2) is 9.79 Å². The van der Waals surface area contributed by atoms with Gasteiger partial charge in [-0.15, -0.1) is 13.2 Å². The molecule has 0 amide bonds. The second-order valence-electron chi connectivity index (χ2n) is 7.11. The topological polar surface area (TPSA) is 143 Å². The van der Waals surface area contributed by atoms with E-state index in [1.165, 1.54) is 28.9 Å². The lowest BCUT2D eigenvalue weighted by molar-refractivity contribution is -0.274. The van der Waals surface area contributed by atoms with Crippen molar-refractivity contribution in [2.75, 3.05) is 0 Å². The number of aromatic amines is 2. The number of halogens is 3. The van der Waals surface area contributed by atoms with Crippen LogP contribution in [-0.2, 0) is 0 Å². The SMILES string of the molecule is O=c1[nH]c(O)c(C=c2cnn3c(=NC4CC4)nc(Oc4cccc(OC(F)(F)F)c4)nc23)[nH]1. The molecule has 0 radical (unpaired) electrons. The number of aromatic nitrogens is 6. The van der Waals surface area contributed by atoms with E-state index in [-0.39, 0.29) is 40.6 Å². The summed E-state index contributed by atoms with van der Waals surface area (Å²) in [5.41, 5.74) is -0.0666. The van der Waals surface area contributed by atoms with Gasteiger partial charge in [0.2, 0.25) is 5.88 Å². The van der Waals surface area contributed by atoms with Crippen LogP contribution < -0.4 is 26.0 Å². The summed E-state index contributed by atoms with van der Waals surface area (Å²) in [6.45, 7) is 0. The van der Waals surface area contributed by atoms with E-state index < -0.39 is 17.8 Å². The minimum absolute atomic E-state index is 0.0103. The molecule has 0 bridgehead atoms. The molecular formula is C19H14F3N7O4. The second kappa shape index (κ2) is 7.65. The van der Waals surface area contributed by atoms with E-state index in [0.717, 1.165) is 25.0 Å². The number of ether oxygens (including phenoxy) is 2. The number of rotatable bonds is 5. The quantitative estimate of drug-likeness (QED) is 0.405. The maximum Gasteiger partial charge on any atom is 0.573 e. The van der Waals surface area contributed by atoms with Crippen molar-refractivity contribution < 1.29 is 27.8 Å². The lowest BCUT2D eigenvalue weighted by Crippen LogP contribution is -2.23. The van der Waals surface area contributed by atoms with Crippen molar-refractivity contribution in [3.05, 3.63) is 57.5 Å². The third kappa shape index (κ3) is 4.63. The number of alkyl halides is 3. The van der Waals surface area contributed by atoms with Gasteiger partial charge in [0, 0.05) is 11.3 Å². The van der Waals surface area contributed by atoms with Crippen LogP contribution in [0.3, 0.4) is 0 Å². The molecule has 0 saturated heterocycles. The highest BCUT2D eigenvalue weighted by Gasteiger charge is 2.31. The second-order valence-corrected chi connectivity index (χ2v) is 7.11. The largest absolute Gasteiger partial charge is 0.573 e.